The van der Waals surface area contributed by atoms with Crippen LogP contribution in [0, 0.1) is 17.8 Å². The van der Waals surface area contributed by atoms with Crippen LogP contribution in [0.1, 0.15) is 66.2 Å². The van der Waals surface area contributed by atoms with Crippen LogP contribution < -0.4 is 16.1 Å². The maximum atomic E-state index is 12.9. The van der Waals surface area contributed by atoms with Crippen molar-refractivity contribution in [3.8, 4) is 0 Å². The Bertz CT molecular complexity index is 709. The van der Waals surface area contributed by atoms with Crippen LogP contribution in [0.2, 0.25) is 0 Å². The number of hydrogen-bond donors (Lipinski definition) is 3. The van der Waals surface area contributed by atoms with Crippen LogP contribution in [0.25, 0.3) is 0 Å². The third kappa shape index (κ3) is 5.37. The molecule has 3 fully saturated rings. The fraction of sp³-hybridized carbons (Fsp3) is 0.818. The number of nitrogens with one attached hydrogen (secondary N) is 3. The van der Waals surface area contributed by atoms with Gasteiger partial charge in [-0.25, -0.2) is 4.79 Å². The van der Waals surface area contributed by atoms with E-state index in [1.54, 1.807) is 0 Å². The highest BCUT2D eigenvalue weighted by atomic mass is 16.2. The Morgan fingerprint density at radius 3 is 2.29 bits per heavy atom. The lowest BCUT2D eigenvalue weighted by atomic mass is 9.77. The molecule has 2 aliphatic heterocycles. The Morgan fingerprint density at radius 1 is 1.10 bits per heavy atom. The molecule has 174 valence electrons. The van der Waals surface area contributed by atoms with E-state index < -0.39 is 11.6 Å². The van der Waals surface area contributed by atoms with Gasteiger partial charge in [0, 0.05) is 12.0 Å². The summed E-state index contributed by atoms with van der Waals surface area (Å²) in [5.41, 5.74) is 1.63. The number of likely N-dealkylation sites (tertiary alicyclic amines) is 1. The first-order valence-electron chi connectivity index (χ1n) is 11.6. The molecular weight excluding hydrogens is 398 g/mol. The number of nitrogens with zero attached hydrogens (tertiary/aromatic N) is 2. The maximum absolute atomic E-state index is 12.9. The van der Waals surface area contributed by atoms with E-state index in [0.29, 0.717) is 50.6 Å². The number of piperidine rings is 1. The van der Waals surface area contributed by atoms with Crippen molar-refractivity contribution in [2.45, 2.75) is 77.8 Å². The van der Waals surface area contributed by atoms with Gasteiger partial charge in [-0.1, -0.05) is 20.8 Å². The van der Waals surface area contributed by atoms with Crippen molar-refractivity contribution in [1.82, 2.24) is 26.0 Å². The lowest BCUT2D eigenvalue weighted by molar-refractivity contribution is -0.140. The molecule has 3 aliphatic rings. The molecule has 0 aromatic carbocycles. The third-order valence-electron chi connectivity index (χ3n) is 7.22. The quantitative estimate of drug-likeness (QED) is 0.546. The highest BCUT2D eigenvalue weighted by molar-refractivity contribution is 6.08. The van der Waals surface area contributed by atoms with Crippen LogP contribution in [0.4, 0.5) is 4.79 Å². The molecule has 1 aliphatic carbocycles. The molecule has 0 radical (unpaired) electrons. The molecule has 9 heteroatoms. The van der Waals surface area contributed by atoms with Gasteiger partial charge in [0.05, 0.1) is 6.54 Å². The van der Waals surface area contributed by atoms with Gasteiger partial charge >= 0.3 is 6.03 Å². The number of carbonyl (C=O) groups is 4. The minimum atomic E-state index is -0.865. The van der Waals surface area contributed by atoms with E-state index in [-0.39, 0.29) is 36.2 Å². The fourth-order valence-corrected chi connectivity index (χ4v) is 4.54. The van der Waals surface area contributed by atoms with Crippen LogP contribution in [-0.2, 0) is 14.4 Å². The van der Waals surface area contributed by atoms with Gasteiger partial charge in [-0.15, -0.1) is 0 Å². The standard InChI is InChI=1S/C22H37N5O4/c1-14(2)16(4)23-19(29)17-7-11-26(12-8-17)13-18(28)25-27-20(30)22(24-21(27)31)9-5-15(3)6-10-22/h14-17H,5-13H2,1-4H3,(H,23,29)(H,24,31)(H,25,28). The van der Waals surface area contributed by atoms with Crippen molar-refractivity contribution in [2.75, 3.05) is 19.6 Å². The van der Waals surface area contributed by atoms with E-state index in [1.807, 2.05) is 11.8 Å². The molecule has 1 saturated carbocycles. The summed E-state index contributed by atoms with van der Waals surface area (Å²) >= 11 is 0. The minimum absolute atomic E-state index is 0.0417. The molecule has 0 aromatic heterocycles. The number of urea groups is 1. The van der Waals surface area contributed by atoms with Crippen LogP contribution in [-0.4, -0.2) is 64.9 Å². The lowest BCUT2D eigenvalue weighted by Gasteiger charge is -2.33. The summed E-state index contributed by atoms with van der Waals surface area (Å²) in [6, 6.07) is -0.418. The smallest absolute Gasteiger partial charge is 0.344 e. The predicted octanol–water partition coefficient (Wildman–Crippen LogP) is 1.39. The summed E-state index contributed by atoms with van der Waals surface area (Å²) in [7, 11) is 0. The molecule has 1 spiro atoms. The number of rotatable bonds is 6. The second kappa shape index (κ2) is 9.54. The monoisotopic (exact) mass is 435 g/mol. The number of amides is 5. The second-order valence-corrected chi connectivity index (χ2v) is 9.96. The summed E-state index contributed by atoms with van der Waals surface area (Å²) < 4.78 is 0. The van der Waals surface area contributed by atoms with E-state index in [2.05, 4.69) is 36.8 Å². The Labute approximate surface area is 184 Å². The minimum Gasteiger partial charge on any atom is -0.353 e. The average molecular weight is 436 g/mol. The van der Waals surface area contributed by atoms with Gasteiger partial charge in [-0.05, 0) is 70.4 Å². The fourth-order valence-electron chi connectivity index (χ4n) is 4.54. The van der Waals surface area contributed by atoms with Gasteiger partial charge in [0.15, 0.2) is 0 Å². The van der Waals surface area contributed by atoms with Crippen LogP contribution in [0.5, 0.6) is 0 Å². The predicted molar refractivity (Wildman–Crippen MR) is 115 cm³/mol. The van der Waals surface area contributed by atoms with E-state index in [0.717, 1.165) is 17.9 Å². The molecule has 2 heterocycles. The zero-order valence-corrected chi connectivity index (χ0v) is 19.2. The molecule has 0 bridgehead atoms. The molecule has 3 N–H and O–H groups in total. The molecular formula is C22H37N5O4. The summed E-state index contributed by atoms with van der Waals surface area (Å²) in [5, 5.41) is 6.73. The Kier molecular flexibility index (Phi) is 7.24. The zero-order valence-electron chi connectivity index (χ0n) is 19.2. The zero-order chi connectivity index (χ0) is 22.8. The first kappa shape index (κ1) is 23.5. The highest BCUT2D eigenvalue weighted by Crippen LogP contribution is 2.35. The van der Waals surface area contributed by atoms with Crippen molar-refractivity contribution >= 4 is 23.8 Å². The second-order valence-electron chi connectivity index (χ2n) is 9.96. The molecule has 9 nitrogen and oxygen atoms in total. The van der Waals surface area contributed by atoms with Crippen molar-refractivity contribution < 1.29 is 19.2 Å². The Morgan fingerprint density at radius 2 is 1.71 bits per heavy atom. The van der Waals surface area contributed by atoms with Crippen LogP contribution >= 0.6 is 0 Å². The van der Waals surface area contributed by atoms with Crippen LogP contribution in [0.3, 0.4) is 0 Å². The van der Waals surface area contributed by atoms with E-state index in [9.17, 15) is 19.2 Å². The summed E-state index contributed by atoms with van der Waals surface area (Å²) in [6.07, 6.45) is 4.35. The van der Waals surface area contributed by atoms with Crippen molar-refractivity contribution in [1.29, 1.82) is 0 Å². The van der Waals surface area contributed by atoms with E-state index in [4.69, 9.17) is 0 Å². The van der Waals surface area contributed by atoms with Gasteiger partial charge in [0.25, 0.3) is 11.8 Å². The highest BCUT2D eigenvalue weighted by Gasteiger charge is 2.52. The van der Waals surface area contributed by atoms with Crippen LogP contribution in [0.15, 0.2) is 0 Å². The largest absolute Gasteiger partial charge is 0.353 e. The molecule has 31 heavy (non-hydrogen) atoms. The molecule has 5 amide bonds. The SMILES string of the molecule is CC1CCC2(CC1)NC(=O)N(NC(=O)CN1CCC(C(=O)NC(C)C(C)C)CC1)C2=O. The van der Waals surface area contributed by atoms with Crippen molar-refractivity contribution in [3.63, 3.8) is 0 Å². The van der Waals surface area contributed by atoms with Gasteiger partial charge in [-0.3, -0.25) is 24.7 Å². The normalized spacial score (nSPS) is 28.7. The molecule has 1 atom stereocenters. The Hall–Kier alpha value is -2.16. The number of hydrazine groups is 1. The molecule has 3 rings (SSSR count). The third-order valence-corrected chi connectivity index (χ3v) is 7.22. The van der Waals surface area contributed by atoms with Crippen molar-refractivity contribution in [2.24, 2.45) is 17.8 Å². The van der Waals surface area contributed by atoms with Gasteiger partial charge in [0.1, 0.15) is 5.54 Å². The Balaban J connectivity index is 1.45. The summed E-state index contributed by atoms with van der Waals surface area (Å²) in [4.78, 5) is 52.1. The average Bonchev–Trinajstić information content (AvgIpc) is 2.94. The number of hydrogen-bond acceptors (Lipinski definition) is 5. The maximum Gasteiger partial charge on any atom is 0.344 e. The summed E-state index contributed by atoms with van der Waals surface area (Å²) in [6.45, 7) is 9.66. The molecule has 0 aromatic rings. The van der Waals surface area contributed by atoms with E-state index >= 15 is 0 Å². The van der Waals surface area contributed by atoms with Gasteiger partial charge in [-0.2, -0.15) is 5.01 Å². The first-order chi connectivity index (χ1) is 14.6. The number of carbonyl (C=O) groups excluding carboxylic acids is 4. The van der Waals surface area contributed by atoms with Crippen molar-refractivity contribution in [3.05, 3.63) is 0 Å². The number of imide groups is 1. The lowest BCUT2D eigenvalue weighted by Crippen LogP contribution is -2.53. The summed E-state index contributed by atoms with van der Waals surface area (Å²) in [5.74, 6) is 0.220. The van der Waals surface area contributed by atoms with Gasteiger partial charge in [0.2, 0.25) is 5.91 Å². The molecule has 1 unspecified atom stereocenters. The topological polar surface area (TPSA) is 111 Å². The first-order valence-corrected chi connectivity index (χ1v) is 11.6. The van der Waals surface area contributed by atoms with Gasteiger partial charge < -0.3 is 10.6 Å². The van der Waals surface area contributed by atoms with E-state index in [1.165, 1.54) is 0 Å². The molecule has 2 saturated heterocycles.